The zero-order valence-electron chi connectivity index (χ0n) is 19.1. The van der Waals surface area contributed by atoms with Crippen molar-refractivity contribution in [3.63, 3.8) is 0 Å². The smallest absolute Gasteiger partial charge is 0.379 e. The number of nitrogens with zero attached hydrogens (tertiary/aromatic N) is 2. The third kappa shape index (κ3) is 5.52. The third-order valence-corrected chi connectivity index (χ3v) is 7.21. The SMILES string of the molecule is COC1COCCC1N[C@@H]1C[C@@H](CNC=O)[C@H](C(=O)N2CCc3ncc(C(F)(F)F)cc3C2)C1. The van der Waals surface area contributed by atoms with Crippen LogP contribution in [0.2, 0.25) is 0 Å². The molecule has 0 bridgehead atoms. The second-order valence-corrected chi connectivity index (χ2v) is 9.31. The molecule has 1 saturated heterocycles. The van der Waals surface area contributed by atoms with Gasteiger partial charge in [-0.2, -0.15) is 13.2 Å². The molecular formula is C23H31F3N4O4. The van der Waals surface area contributed by atoms with Crippen molar-refractivity contribution in [2.45, 2.75) is 56.6 Å². The van der Waals surface area contributed by atoms with Crippen LogP contribution in [0.25, 0.3) is 0 Å². The van der Waals surface area contributed by atoms with Crippen LogP contribution < -0.4 is 10.6 Å². The van der Waals surface area contributed by atoms with Crippen LogP contribution in [0, 0.1) is 11.8 Å². The molecule has 3 aliphatic rings. The zero-order valence-corrected chi connectivity index (χ0v) is 19.1. The van der Waals surface area contributed by atoms with Crippen LogP contribution in [0.15, 0.2) is 12.3 Å². The molecule has 11 heteroatoms. The standard InChI is InChI=1S/C23H31F3N4O4/c1-33-21-12-34-5-3-20(21)29-17-7-14(9-27-13-31)18(8-17)22(32)30-4-2-19-15(11-30)6-16(10-28-19)23(24,25)26/h6,10,13-14,17-18,20-21,29H,2-5,7-9,11-12H2,1H3,(H,27,31)/t14-,17+,18+,20?,21?/m0/s1. The molecule has 8 nitrogen and oxygen atoms in total. The minimum absolute atomic E-state index is 0.0583. The molecule has 0 spiro atoms. The fourth-order valence-electron chi connectivity index (χ4n) is 5.43. The van der Waals surface area contributed by atoms with Gasteiger partial charge in [-0.25, -0.2) is 0 Å². The van der Waals surface area contributed by atoms with Gasteiger partial charge in [-0.1, -0.05) is 0 Å². The van der Waals surface area contributed by atoms with Crippen LogP contribution >= 0.6 is 0 Å². The maximum atomic E-state index is 13.5. The lowest BCUT2D eigenvalue weighted by atomic mass is 9.93. The fourth-order valence-corrected chi connectivity index (χ4v) is 5.43. The highest BCUT2D eigenvalue weighted by atomic mass is 19.4. The maximum Gasteiger partial charge on any atom is 0.417 e. The molecule has 2 unspecified atom stereocenters. The lowest BCUT2D eigenvalue weighted by Gasteiger charge is -2.33. The zero-order chi connectivity index (χ0) is 24.3. The summed E-state index contributed by atoms with van der Waals surface area (Å²) in [6.45, 7) is 2.06. The average molecular weight is 485 g/mol. The first-order valence-electron chi connectivity index (χ1n) is 11.7. The lowest BCUT2D eigenvalue weighted by molar-refractivity contribution is -0.138. The number of rotatable bonds is 7. The Morgan fingerprint density at radius 3 is 2.94 bits per heavy atom. The number of methoxy groups -OCH3 is 1. The molecule has 1 aromatic rings. The quantitative estimate of drug-likeness (QED) is 0.571. The van der Waals surface area contributed by atoms with Crippen molar-refractivity contribution in [3.8, 4) is 0 Å². The molecule has 2 fully saturated rings. The van der Waals surface area contributed by atoms with Gasteiger partial charge in [0.05, 0.1) is 18.3 Å². The van der Waals surface area contributed by atoms with Crippen LogP contribution in [0.5, 0.6) is 0 Å². The highest BCUT2D eigenvalue weighted by Crippen LogP contribution is 2.36. The Bertz CT molecular complexity index is 884. The largest absolute Gasteiger partial charge is 0.417 e. The number of fused-ring (bicyclic) bond motifs is 1. The maximum absolute atomic E-state index is 13.5. The van der Waals surface area contributed by atoms with E-state index in [1.165, 1.54) is 0 Å². The summed E-state index contributed by atoms with van der Waals surface area (Å²) in [4.78, 5) is 30.1. The minimum atomic E-state index is -4.48. The van der Waals surface area contributed by atoms with Crippen LogP contribution in [0.3, 0.4) is 0 Å². The first kappa shape index (κ1) is 24.9. The summed E-state index contributed by atoms with van der Waals surface area (Å²) in [7, 11) is 1.65. The van der Waals surface area contributed by atoms with Crippen molar-refractivity contribution in [3.05, 3.63) is 29.1 Å². The summed E-state index contributed by atoms with van der Waals surface area (Å²) in [5, 5.41) is 6.33. The van der Waals surface area contributed by atoms with Gasteiger partial charge in [0.15, 0.2) is 0 Å². The van der Waals surface area contributed by atoms with Crippen molar-refractivity contribution in [1.82, 2.24) is 20.5 Å². The molecule has 3 heterocycles. The van der Waals surface area contributed by atoms with Crippen molar-refractivity contribution >= 4 is 12.3 Å². The number of carbonyl (C=O) groups excluding carboxylic acids is 2. The Kier molecular flexibility index (Phi) is 7.73. The molecule has 2 amide bonds. The minimum Gasteiger partial charge on any atom is -0.379 e. The summed E-state index contributed by atoms with van der Waals surface area (Å²) in [6, 6.07) is 1.29. The molecule has 2 N–H and O–H groups in total. The molecule has 1 aliphatic carbocycles. The third-order valence-electron chi connectivity index (χ3n) is 7.21. The molecular weight excluding hydrogens is 453 g/mol. The summed E-state index contributed by atoms with van der Waals surface area (Å²) in [5.74, 6) is -0.469. The molecule has 0 aromatic carbocycles. The highest BCUT2D eigenvalue weighted by Gasteiger charge is 2.42. The highest BCUT2D eigenvalue weighted by molar-refractivity contribution is 5.80. The van der Waals surface area contributed by atoms with Gasteiger partial charge in [-0.3, -0.25) is 14.6 Å². The van der Waals surface area contributed by atoms with Gasteiger partial charge in [-0.15, -0.1) is 0 Å². The van der Waals surface area contributed by atoms with Crippen LogP contribution in [-0.2, 0) is 38.2 Å². The van der Waals surface area contributed by atoms with Gasteiger partial charge in [0.2, 0.25) is 12.3 Å². The molecule has 34 heavy (non-hydrogen) atoms. The number of nitrogens with one attached hydrogen (secondary N) is 2. The van der Waals surface area contributed by atoms with Gasteiger partial charge >= 0.3 is 6.18 Å². The second-order valence-electron chi connectivity index (χ2n) is 9.31. The van der Waals surface area contributed by atoms with Crippen molar-refractivity contribution in [1.29, 1.82) is 0 Å². The number of pyridine rings is 1. The van der Waals surface area contributed by atoms with Gasteiger partial charge < -0.3 is 25.0 Å². The average Bonchev–Trinajstić information content (AvgIpc) is 3.23. The van der Waals surface area contributed by atoms with Gasteiger partial charge in [0.25, 0.3) is 0 Å². The number of hydrogen-bond acceptors (Lipinski definition) is 6. The van der Waals surface area contributed by atoms with E-state index < -0.39 is 11.7 Å². The Labute approximate surface area is 196 Å². The topological polar surface area (TPSA) is 92.8 Å². The Hall–Kier alpha value is -2.24. The van der Waals surface area contributed by atoms with E-state index >= 15 is 0 Å². The van der Waals surface area contributed by atoms with Crippen LogP contribution in [0.1, 0.15) is 36.1 Å². The molecule has 5 atom stereocenters. The number of amides is 2. The molecule has 0 radical (unpaired) electrons. The van der Waals surface area contributed by atoms with E-state index in [9.17, 15) is 22.8 Å². The number of halogens is 3. The van der Waals surface area contributed by atoms with Crippen LogP contribution in [-0.4, -0.2) is 73.8 Å². The fraction of sp³-hybridized carbons (Fsp3) is 0.696. The Balaban J connectivity index is 1.45. The predicted octanol–water partition coefficient (Wildman–Crippen LogP) is 1.52. The van der Waals surface area contributed by atoms with Crippen molar-refractivity contribution < 1.29 is 32.2 Å². The lowest BCUT2D eigenvalue weighted by Crippen LogP contribution is -2.50. The molecule has 2 aliphatic heterocycles. The predicted molar refractivity (Wildman–Crippen MR) is 116 cm³/mol. The number of ether oxygens (including phenoxy) is 2. The number of alkyl halides is 3. The molecule has 4 rings (SSSR count). The number of hydrogen-bond donors (Lipinski definition) is 2. The molecule has 1 saturated carbocycles. The van der Waals surface area contributed by atoms with E-state index in [4.69, 9.17) is 9.47 Å². The van der Waals surface area contributed by atoms with Crippen molar-refractivity contribution in [2.75, 3.05) is 33.4 Å². The van der Waals surface area contributed by atoms with E-state index in [0.29, 0.717) is 56.8 Å². The van der Waals surface area contributed by atoms with E-state index in [-0.39, 0.29) is 42.5 Å². The summed E-state index contributed by atoms with van der Waals surface area (Å²) >= 11 is 0. The Morgan fingerprint density at radius 2 is 2.21 bits per heavy atom. The second kappa shape index (κ2) is 10.6. The Morgan fingerprint density at radius 1 is 1.38 bits per heavy atom. The van der Waals surface area contributed by atoms with Gasteiger partial charge in [0.1, 0.15) is 0 Å². The van der Waals surface area contributed by atoms with Crippen molar-refractivity contribution in [2.24, 2.45) is 11.8 Å². The van der Waals surface area contributed by atoms with E-state index in [1.54, 1.807) is 12.0 Å². The summed E-state index contributed by atoms with van der Waals surface area (Å²) in [5.41, 5.74) is 0.241. The summed E-state index contributed by atoms with van der Waals surface area (Å²) < 4.78 is 50.4. The first-order valence-corrected chi connectivity index (χ1v) is 11.7. The molecule has 1 aromatic heterocycles. The van der Waals surface area contributed by atoms with Gasteiger partial charge in [0, 0.05) is 69.7 Å². The normalized spacial score (nSPS) is 29.5. The number of carbonyl (C=O) groups is 2. The summed E-state index contributed by atoms with van der Waals surface area (Å²) in [6.07, 6.45) is -0.516. The first-order chi connectivity index (χ1) is 16.3. The van der Waals surface area contributed by atoms with Gasteiger partial charge in [-0.05, 0) is 36.8 Å². The van der Waals surface area contributed by atoms with Crippen LogP contribution in [0.4, 0.5) is 13.2 Å². The monoisotopic (exact) mass is 484 g/mol. The number of aromatic nitrogens is 1. The van der Waals surface area contributed by atoms with E-state index in [0.717, 1.165) is 25.1 Å². The van der Waals surface area contributed by atoms with E-state index in [2.05, 4.69) is 15.6 Å². The molecule has 188 valence electrons. The van der Waals surface area contributed by atoms with E-state index in [1.807, 2.05) is 0 Å².